The highest BCUT2D eigenvalue weighted by atomic mass is 19.3. The van der Waals surface area contributed by atoms with Gasteiger partial charge in [-0.3, -0.25) is 4.79 Å². The SMILES string of the molecule is CC(OC(=O)/C=C/c1ccc(OC(F)F)cc1)C(=O)Nc1cccc(F)c1. The molecule has 0 saturated carbocycles. The van der Waals surface area contributed by atoms with Gasteiger partial charge in [-0.2, -0.15) is 8.78 Å². The highest BCUT2D eigenvalue weighted by Crippen LogP contribution is 2.16. The fraction of sp³-hybridized carbons (Fsp3) is 0.158. The summed E-state index contributed by atoms with van der Waals surface area (Å²) in [5, 5.41) is 2.43. The molecule has 0 heterocycles. The van der Waals surface area contributed by atoms with Crippen LogP contribution in [0.1, 0.15) is 12.5 Å². The van der Waals surface area contributed by atoms with Crippen molar-refractivity contribution >= 4 is 23.6 Å². The van der Waals surface area contributed by atoms with Gasteiger partial charge >= 0.3 is 12.6 Å². The number of alkyl halides is 2. The summed E-state index contributed by atoms with van der Waals surface area (Å²) < 4.78 is 46.4. The topological polar surface area (TPSA) is 64.6 Å². The first-order valence-corrected chi connectivity index (χ1v) is 7.83. The lowest BCUT2D eigenvalue weighted by molar-refractivity contribution is -0.148. The summed E-state index contributed by atoms with van der Waals surface area (Å²) in [6.45, 7) is -1.54. The number of hydrogen-bond donors (Lipinski definition) is 1. The van der Waals surface area contributed by atoms with Crippen molar-refractivity contribution < 1.29 is 32.2 Å². The molecule has 1 amide bonds. The maximum atomic E-state index is 13.1. The summed E-state index contributed by atoms with van der Waals surface area (Å²) in [5.41, 5.74) is 0.787. The first kappa shape index (κ1) is 20.0. The van der Waals surface area contributed by atoms with Crippen molar-refractivity contribution in [1.82, 2.24) is 0 Å². The third-order valence-electron chi connectivity index (χ3n) is 3.27. The van der Waals surface area contributed by atoms with Crippen LogP contribution in [-0.4, -0.2) is 24.6 Å². The smallest absolute Gasteiger partial charge is 0.387 e. The molecule has 0 aromatic heterocycles. The van der Waals surface area contributed by atoms with E-state index in [1.807, 2.05) is 0 Å². The average molecular weight is 379 g/mol. The molecule has 142 valence electrons. The maximum Gasteiger partial charge on any atom is 0.387 e. The minimum atomic E-state index is -2.92. The third-order valence-corrected chi connectivity index (χ3v) is 3.27. The van der Waals surface area contributed by atoms with Crippen molar-refractivity contribution in [2.75, 3.05) is 5.32 Å². The number of amides is 1. The predicted molar refractivity (Wildman–Crippen MR) is 92.7 cm³/mol. The van der Waals surface area contributed by atoms with Gasteiger partial charge in [0, 0.05) is 11.8 Å². The molecule has 0 bridgehead atoms. The highest BCUT2D eigenvalue weighted by Gasteiger charge is 2.16. The molecule has 27 heavy (non-hydrogen) atoms. The van der Waals surface area contributed by atoms with Crippen molar-refractivity contribution in [1.29, 1.82) is 0 Å². The van der Waals surface area contributed by atoms with Crippen LogP contribution < -0.4 is 10.1 Å². The molecular formula is C19H16F3NO4. The van der Waals surface area contributed by atoms with Crippen LogP contribution in [0.5, 0.6) is 5.75 Å². The molecule has 2 rings (SSSR count). The van der Waals surface area contributed by atoms with Crippen LogP contribution >= 0.6 is 0 Å². The van der Waals surface area contributed by atoms with Crippen LogP contribution in [0.15, 0.2) is 54.6 Å². The van der Waals surface area contributed by atoms with E-state index >= 15 is 0 Å². The summed E-state index contributed by atoms with van der Waals surface area (Å²) in [6, 6.07) is 10.9. The highest BCUT2D eigenvalue weighted by molar-refractivity contribution is 5.96. The van der Waals surface area contributed by atoms with Gasteiger partial charge in [0.15, 0.2) is 6.10 Å². The largest absolute Gasteiger partial charge is 0.449 e. The maximum absolute atomic E-state index is 13.1. The second-order valence-corrected chi connectivity index (χ2v) is 5.36. The molecular weight excluding hydrogens is 363 g/mol. The van der Waals surface area contributed by atoms with E-state index in [0.717, 1.165) is 12.1 Å². The van der Waals surface area contributed by atoms with Crippen LogP contribution in [0.25, 0.3) is 6.08 Å². The number of hydrogen-bond acceptors (Lipinski definition) is 4. The summed E-state index contributed by atoms with van der Waals surface area (Å²) >= 11 is 0. The van der Waals surface area contributed by atoms with Gasteiger partial charge in [0.25, 0.3) is 5.91 Å². The molecule has 0 aliphatic rings. The van der Waals surface area contributed by atoms with Gasteiger partial charge in [0.1, 0.15) is 11.6 Å². The molecule has 0 radical (unpaired) electrons. The molecule has 5 nitrogen and oxygen atoms in total. The number of rotatable bonds is 7. The molecule has 1 atom stereocenters. The zero-order valence-electron chi connectivity index (χ0n) is 14.2. The monoisotopic (exact) mass is 379 g/mol. The van der Waals surface area contributed by atoms with Gasteiger partial charge in [0.05, 0.1) is 0 Å². The molecule has 8 heteroatoms. The second kappa shape index (κ2) is 9.42. The Morgan fingerprint density at radius 2 is 1.81 bits per heavy atom. The van der Waals surface area contributed by atoms with Gasteiger partial charge in [-0.05, 0) is 48.9 Å². The van der Waals surface area contributed by atoms with Gasteiger partial charge in [-0.25, -0.2) is 9.18 Å². The molecule has 1 unspecified atom stereocenters. The van der Waals surface area contributed by atoms with Gasteiger partial charge in [-0.15, -0.1) is 0 Å². The first-order valence-electron chi connectivity index (χ1n) is 7.83. The number of nitrogens with one attached hydrogen (secondary N) is 1. The van der Waals surface area contributed by atoms with Gasteiger partial charge in [0.2, 0.25) is 0 Å². The van der Waals surface area contributed by atoms with E-state index in [1.165, 1.54) is 55.5 Å². The lowest BCUT2D eigenvalue weighted by Gasteiger charge is -2.12. The van der Waals surface area contributed by atoms with E-state index in [1.54, 1.807) is 0 Å². The number of esters is 1. The van der Waals surface area contributed by atoms with Crippen LogP contribution in [0.4, 0.5) is 18.9 Å². The Bertz CT molecular complexity index is 822. The zero-order chi connectivity index (χ0) is 19.8. The Morgan fingerprint density at radius 3 is 2.44 bits per heavy atom. The van der Waals surface area contributed by atoms with Gasteiger partial charge < -0.3 is 14.8 Å². The second-order valence-electron chi connectivity index (χ2n) is 5.36. The van der Waals surface area contributed by atoms with Crippen molar-refractivity contribution in [3.8, 4) is 5.75 Å². The number of halogens is 3. The van der Waals surface area contributed by atoms with E-state index in [-0.39, 0.29) is 11.4 Å². The molecule has 0 aliphatic carbocycles. The van der Waals surface area contributed by atoms with Crippen LogP contribution in [0, 0.1) is 5.82 Å². The van der Waals surface area contributed by atoms with E-state index in [2.05, 4.69) is 10.1 Å². The molecule has 2 aromatic rings. The Kier molecular flexibility index (Phi) is 6.99. The van der Waals surface area contributed by atoms with Crippen LogP contribution in [0.2, 0.25) is 0 Å². The van der Waals surface area contributed by atoms with Crippen molar-refractivity contribution in [2.24, 2.45) is 0 Å². The number of benzene rings is 2. The lowest BCUT2D eigenvalue weighted by atomic mass is 10.2. The number of ether oxygens (including phenoxy) is 2. The van der Waals surface area contributed by atoms with Crippen LogP contribution in [-0.2, 0) is 14.3 Å². The van der Waals surface area contributed by atoms with Crippen molar-refractivity contribution in [3.05, 3.63) is 66.0 Å². The Morgan fingerprint density at radius 1 is 1.11 bits per heavy atom. The van der Waals surface area contributed by atoms with Crippen molar-refractivity contribution in [3.63, 3.8) is 0 Å². The van der Waals surface area contributed by atoms with E-state index < -0.39 is 30.4 Å². The zero-order valence-corrected chi connectivity index (χ0v) is 14.2. The van der Waals surface area contributed by atoms with E-state index in [9.17, 15) is 22.8 Å². The number of anilines is 1. The first-order chi connectivity index (χ1) is 12.8. The lowest BCUT2D eigenvalue weighted by Crippen LogP contribution is -2.29. The summed E-state index contributed by atoms with van der Waals surface area (Å²) in [4.78, 5) is 23.7. The fourth-order valence-corrected chi connectivity index (χ4v) is 2.00. The average Bonchev–Trinajstić information content (AvgIpc) is 2.60. The standard InChI is InChI=1S/C19H16F3NO4/c1-12(18(25)23-15-4-2-3-14(20)11-15)26-17(24)10-7-13-5-8-16(9-6-13)27-19(21)22/h2-12,19H,1H3,(H,23,25)/b10-7+. The molecule has 0 fully saturated rings. The van der Waals surface area contributed by atoms with Gasteiger partial charge in [-0.1, -0.05) is 18.2 Å². The van der Waals surface area contributed by atoms with Crippen molar-refractivity contribution in [2.45, 2.75) is 19.6 Å². The van der Waals surface area contributed by atoms with E-state index in [0.29, 0.717) is 5.56 Å². The quantitative estimate of drug-likeness (QED) is 0.583. The molecule has 1 N–H and O–H groups in total. The molecule has 0 aliphatic heterocycles. The molecule has 0 spiro atoms. The Hall–Kier alpha value is -3.29. The molecule has 2 aromatic carbocycles. The third kappa shape index (κ3) is 6.85. The minimum Gasteiger partial charge on any atom is -0.449 e. The van der Waals surface area contributed by atoms with E-state index in [4.69, 9.17) is 4.74 Å². The minimum absolute atomic E-state index is 0.00707. The fourth-order valence-electron chi connectivity index (χ4n) is 2.00. The predicted octanol–water partition coefficient (Wildman–Crippen LogP) is 4.01. The van der Waals surface area contributed by atoms with Crippen LogP contribution in [0.3, 0.4) is 0 Å². The number of carbonyl (C=O) groups excluding carboxylic acids is 2. The summed E-state index contributed by atoms with van der Waals surface area (Å²) in [6.07, 6.45) is 1.38. The number of carbonyl (C=O) groups is 2. The summed E-state index contributed by atoms with van der Waals surface area (Å²) in [7, 11) is 0. The molecule has 0 saturated heterocycles. The Balaban J connectivity index is 1.86. The normalized spacial score (nSPS) is 12.0. The summed E-state index contributed by atoms with van der Waals surface area (Å²) in [5.74, 6) is -1.90. The Labute approximate surface area is 153 Å².